The van der Waals surface area contributed by atoms with Gasteiger partial charge in [0.2, 0.25) is 11.8 Å². The summed E-state index contributed by atoms with van der Waals surface area (Å²) in [6.07, 6.45) is 7.83. The molecule has 0 spiro atoms. The number of hydrogen-bond donors (Lipinski definition) is 1. The summed E-state index contributed by atoms with van der Waals surface area (Å²) in [6.45, 7) is 4.13. The van der Waals surface area contributed by atoms with E-state index in [-0.39, 0.29) is 29.7 Å². The molecule has 0 unspecified atom stereocenters. The lowest BCUT2D eigenvalue weighted by molar-refractivity contribution is -0.137. The fraction of sp³-hybridized carbons (Fsp3) is 0.750. The summed E-state index contributed by atoms with van der Waals surface area (Å²) >= 11 is 0. The quantitative estimate of drug-likeness (QED) is 0.842. The molecule has 1 aromatic rings. The monoisotopic (exact) mass is 319 g/mol. The molecule has 0 aromatic carbocycles. The molecule has 7 nitrogen and oxygen atoms in total. The van der Waals surface area contributed by atoms with E-state index in [1.165, 1.54) is 6.33 Å². The van der Waals surface area contributed by atoms with Crippen LogP contribution in [-0.4, -0.2) is 50.6 Å². The Morgan fingerprint density at radius 2 is 2.13 bits per heavy atom. The summed E-state index contributed by atoms with van der Waals surface area (Å²) in [5, 5.41) is 7.14. The summed E-state index contributed by atoms with van der Waals surface area (Å²) < 4.78 is 1.76. The molecule has 1 saturated carbocycles. The predicted molar refractivity (Wildman–Crippen MR) is 84.3 cm³/mol. The third-order valence-corrected chi connectivity index (χ3v) is 4.68. The van der Waals surface area contributed by atoms with Crippen LogP contribution in [0.5, 0.6) is 0 Å². The van der Waals surface area contributed by atoms with Gasteiger partial charge in [0.1, 0.15) is 12.7 Å². The number of aryl methyl sites for hydroxylation is 1. The van der Waals surface area contributed by atoms with E-state index in [9.17, 15) is 9.59 Å². The van der Waals surface area contributed by atoms with Crippen molar-refractivity contribution in [1.82, 2.24) is 25.0 Å². The molecular formula is C16H25N5O2. The van der Waals surface area contributed by atoms with Crippen LogP contribution >= 0.6 is 0 Å². The maximum Gasteiger partial charge on any atom is 0.225 e. The molecule has 1 N–H and O–H groups in total. The van der Waals surface area contributed by atoms with E-state index in [1.54, 1.807) is 11.0 Å². The van der Waals surface area contributed by atoms with E-state index in [0.717, 1.165) is 45.2 Å². The molecule has 2 aliphatic rings. The van der Waals surface area contributed by atoms with Gasteiger partial charge in [-0.3, -0.25) is 14.3 Å². The van der Waals surface area contributed by atoms with Gasteiger partial charge in [-0.15, -0.1) is 0 Å². The van der Waals surface area contributed by atoms with E-state index in [1.807, 2.05) is 11.8 Å². The van der Waals surface area contributed by atoms with Crippen LogP contribution in [0.25, 0.3) is 0 Å². The van der Waals surface area contributed by atoms with Crippen LogP contribution in [-0.2, 0) is 16.1 Å². The molecule has 7 heteroatoms. The maximum atomic E-state index is 12.4. The van der Waals surface area contributed by atoms with Crippen molar-refractivity contribution in [1.29, 1.82) is 0 Å². The Bertz CT molecular complexity index is 541. The third kappa shape index (κ3) is 4.30. The molecule has 2 amide bonds. The topological polar surface area (TPSA) is 80.1 Å². The zero-order valence-electron chi connectivity index (χ0n) is 13.6. The number of likely N-dealkylation sites (tertiary alicyclic amines) is 1. The SMILES string of the molecule is C[C@@H](CCn1cncn1)NC(=O)[C@H]1CCCN(C(=O)C2CC2)C1. The van der Waals surface area contributed by atoms with Gasteiger partial charge in [-0.25, -0.2) is 4.98 Å². The fourth-order valence-corrected chi connectivity index (χ4v) is 3.09. The largest absolute Gasteiger partial charge is 0.353 e. The number of carbonyl (C=O) groups excluding carboxylic acids is 2. The molecule has 1 aliphatic heterocycles. The van der Waals surface area contributed by atoms with Gasteiger partial charge >= 0.3 is 0 Å². The van der Waals surface area contributed by atoms with Crippen LogP contribution in [0.4, 0.5) is 0 Å². The lowest BCUT2D eigenvalue weighted by atomic mass is 9.96. The van der Waals surface area contributed by atoms with Crippen LogP contribution < -0.4 is 5.32 Å². The van der Waals surface area contributed by atoms with Crippen LogP contribution in [0.3, 0.4) is 0 Å². The summed E-state index contributed by atoms with van der Waals surface area (Å²) in [7, 11) is 0. The predicted octanol–water partition coefficient (Wildman–Crippen LogP) is 0.821. The summed E-state index contributed by atoms with van der Waals surface area (Å²) in [4.78, 5) is 30.4. The van der Waals surface area contributed by atoms with Gasteiger partial charge in [0, 0.05) is 31.6 Å². The molecule has 2 atom stereocenters. The van der Waals surface area contributed by atoms with Crippen LogP contribution in [0.1, 0.15) is 39.0 Å². The Balaban J connectivity index is 1.44. The first-order chi connectivity index (χ1) is 11.1. The van der Waals surface area contributed by atoms with Crippen molar-refractivity contribution in [3.63, 3.8) is 0 Å². The summed E-state index contributed by atoms with van der Waals surface area (Å²) in [5.41, 5.74) is 0. The zero-order chi connectivity index (χ0) is 16.2. The Kier molecular flexibility index (Phi) is 4.93. The molecule has 126 valence electrons. The smallest absolute Gasteiger partial charge is 0.225 e. The first-order valence-electron chi connectivity index (χ1n) is 8.55. The minimum absolute atomic E-state index is 0.0692. The number of nitrogens with one attached hydrogen (secondary N) is 1. The second-order valence-electron chi connectivity index (χ2n) is 6.75. The van der Waals surface area contributed by atoms with E-state index >= 15 is 0 Å². The van der Waals surface area contributed by atoms with Gasteiger partial charge in [0.15, 0.2) is 0 Å². The lowest BCUT2D eigenvalue weighted by Gasteiger charge is -2.32. The number of aromatic nitrogens is 3. The van der Waals surface area contributed by atoms with E-state index in [2.05, 4.69) is 15.4 Å². The third-order valence-electron chi connectivity index (χ3n) is 4.68. The fourth-order valence-electron chi connectivity index (χ4n) is 3.09. The highest BCUT2D eigenvalue weighted by Crippen LogP contribution is 2.32. The first kappa shape index (κ1) is 16.0. The average Bonchev–Trinajstić information content (AvgIpc) is 3.28. The molecule has 3 rings (SSSR count). The van der Waals surface area contributed by atoms with Crippen molar-refractivity contribution in [3.05, 3.63) is 12.7 Å². The van der Waals surface area contributed by atoms with Crippen molar-refractivity contribution in [3.8, 4) is 0 Å². The van der Waals surface area contributed by atoms with Crippen LogP contribution in [0, 0.1) is 11.8 Å². The second kappa shape index (κ2) is 7.10. The second-order valence-corrected chi connectivity index (χ2v) is 6.75. The number of nitrogens with zero attached hydrogens (tertiary/aromatic N) is 4. The molecular weight excluding hydrogens is 294 g/mol. The van der Waals surface area contributed by atoms with Gasteiger partial charge in [-0.05, 0) is 39.0 Å². The zero-order valence-corrected chi connectivity index (χ0v) is 13.6. The number of piperidine rings is 1. The van der Waals surface area contributed by atoms with E-state index in [4.69, 9.17) is 0 Å². The normalized spacial score (nSPS) is 22.7. The number of hydrogen-bond acceptors (Lipinski definition) is 4. The van der Waals surface area contributed by atoms with Crippen molar-refractivity contribution in [2.75, 3.05) is 13.1 Å². The molecule has 0 radical (unpaired) electrons. The molecule has 2 heterocycles. The van der Waals surface area contributed by atoms with E-state index in [0.29, 0.717) is 6.54 Å². The van der Waals surface area contributed by atoms with Gasteiger partial charge in [0.05, 0.1) is 5.92 Å². The first-order valence-corrected chi connectivity index (χ1v) is 8.55. The van der Waals surface area contributed by atoms with Crippen molar-refractivity contribution >= 4 is 11.8 Å². The Morgan fingerprint density at radius 3 is 2.83 bits per heavy atom. The van der Waals surface area contributed by atoms with Crippen LogP contribution in [0.2, 0.25) is 0 Å². The van der Waals surface area contributed by atoms with Crippen LogP contribution in [0.15, 0.2) is 12.7 Å². The minimum atomic E-state index is -0.0692. The molecule has 0 bridgehead atoms. The van der Waals surface area contributed by atoms with Gasteiger partial charge in [0.25, 0.3) is 0 Å². The minimum Gasteiger partial charge on any atom is -0.353 e. The van der Waals surface area contributed by atoms with Crippen molar-refractivity contribution in [2.45, 2.75) is 51.6 Å². The van der Waals surface area contributed by atoms with Crippen molar-refractivity contribution in [2.24, 2.45) is 11.8 Å². The Morgan fingerprint density at radius 1 is 1.30 bits per heavy atom. The highest BCUT2D eigenvalue weighted by Gasteiger charge is 2.36. The molecule has 2 fully saturated rings. The van der Waals surface area contributed by atoms with E-state index < -0.39 is 0 Å². The highest BCUT2D eigenvalue weighted by molar-refractivity contribution is 5.83. The van der Waals surface area contributed by atoms with Gasteiger partial charge < -0.3 is 10.2 Å². The number of amides is 2. The Labute approximate surface area is 136 Å². The summed E-state index contributed by atoms with van der Waals surface area (Å²) in [5.74, 6) is 0.491. The molecule has 1 aromatic heterocycles. The number of carbonyl (C=O) groups is 2. The number of rotatable bonds is 6. The Hall–Kier alpha value is -1.92. The molecule has 1 aliphatic carbocycles. The lowest BCUT2D eigenvalue weighted by Crippen LogP contribution is -2.47. The molecule has 1 saturated heterocycles. The van der Waals surface area contributed by atoms with Crippen molar-refractivity contribution < 1.29 is 9.59 Å². The highest BCUT2D eigenvalue weighted by atomic mass is 16.2. The van der Waals surface area contributed by atoms with Gasteiger partial charge in [-0.1, -0.05) is 0 Å². The standard InChI is InChI=1S/C16H25N5O2/c1-12(6-8-21-11-17-10-18-21)19-15(22)14-3-2-7-20(9-14)16(23)13-4-5-13/h10-14H,2-9H2,1H3,(H,19,22)/t12-,14-/m0/s1. The average molecular weight is 319 g/mol. The summed E-state index contributed by atoms with van der Waals surface area (Å²) in [6, 6.07) is 0.0845. The molecule has 23 heavy (non-hydrogen) atoms. The maximum absolute atomic E-state index is 12.4. The van der Waals surface area contributed by atoms with Gasteiger partial charge in [-0.2, -0.15) is 5.10 Å².